The molecule has 0 saturated heterocycles. The third kappa shape index (κ3) is 2.88. The molecule has 1 amide bonds. The topological polar surface area (TPSA) is 67.2 Å². The molecule has 4 rings (SSSR count). The molecule has 1 aliphatic carbocycles. The number of hydrogen-bond donors (Lipinski definition) is 1. The molecule has 5 heteroatoms. The van der Waals surface area contributed by atoms with Gasteiger partial charge in [0.2, 0.25) is 5.91 Å². The number of hydrogen-bond acceptors (Lipinski definition) is 4. The highest BCUT2D eigenvalue weighted by Gasteiger charge is 2.43. The minimum atomic E-state index is -0.0357. The van der Waals surface area contributed by atoms with Crippen LogP contribution in [0.1, 0.15) is 23.5 Å². The molecule has 0 unspecified atom stereocenters. The fourth-order valence-electron chi connectivity index (χ4n) is 2.92. The number of hydrazone groups is 1. The monoisotopic (exact) mass is 316 g/mol. The van der Waals surface area contributed by atoms with E-state index in [2.05, 4.69) is 32.6 Å². The second-order valence-electron chi connectivity index (χ2n) is 5.86. The lowest BCUT2D eigenvalue weighted by molar-refractivity contribution is -0.122. The molecule has 1 saturated carbocycles. The fraction of sp³-hybridized carbons (Fsp3) is 0.158. The average molecular weight is 316 g/mol. The van der Waals surface area contributed by atoms with Crippen LogP contribution in [0.25, 0.3) is 11.0 Å². The first-order valence-corrected chi connectivity index (χ1v) is 7.90. The predicted molar refractivity (Wildman–Crippen MR) is 92.6 cm³/mol. The van der Waals surface area contributed by atoms with Crippen molar-refractivity contribution in [3.8, 4) is 0 Å². The van der Waals surface area contributed by atoms with E-state index in [-0.39, 0.29) is 11.8 Å². The summed E-state index contributed by atoms with van der Waals surface area (Å²) in [4.78, 5) is 20.8. The van der Waals surface area contributed by atoms with Crippen molar-refractivity contribution in [3.63, 3.8) is 0 Å². The summed E-state index contributed by atoms with van der Waals surface area (Å²) in [6.45, 7) is 0. The van der Waals surface area contributed by atoms with Crippen LogP contribution >= 0.6 is 0 Å². The molecule has 0 aliphatic heterocycles. The zero-order chi connectivity index (χ0) is 16.4. The highest BCUT2D eigenvalue weighted by atomic mass is 16.2. The molecule has 1 fully saturated rings. The molecule has 1 N–H and O–H groups in total. The highest BCUT2D eigenvalue weighted by molar-refractivity contribution is 5.96. The third-order valence-electron chi connectivity index (χ3n) is 4.26. The molecule has 5 nitrogen and oxygen atoms in total. The number of nitrogens with zero attached hydrogens (tertiary/aromatic N) is 3. The van der Waals surface area contributed by atoms with Gasteiger partial charge < -0.3 is 0 Å². The van der Waals surface area contributed by atoms with Crippen molar-refractivity contribution in [1.29, 1.82) is 0 Å². The second-order valence-corrected chi connectivity index (χ2v) is 5.86. The standard InChI is InChI=1S/C19H16N4O/c24-19(16-11-15(16)13-5-2-1-3-6-13)23-22-12-14-7-4-8-17-18(14)21-10-9-20-17/h1-10,12,15-16H,11H2,(H,23,24)/b22-12-/t15-,16+/m0/s1. The molecular formula is C19H16N4O. The molecule has 24 heavy (non-hydrogen) atoms. The van der Waals surface area contributed by atoms with Crippen LogP contribution in [0.2, 0.25) is 0 Å². The number of benzene rings is 2. The largest absolute Gasteiger partial charge is 0.273 e. The summed E-state index contributed by atoms with van der Waals surface area (Å²) < 4.78 is 0. The van der Waals surface area contributed by atoms with Gasteiger partial charge in [-0.3, -0.25) is 14.8 Å². The van der Waals surface area contributed by atoms with E-state index in [0.29, 0.717) is 5.92 Å². The van der Waals surface area contributed by atoms with Gasteiger partial charge in [-0.1, -0.05) is 42.5 Å². The Labute approximate surface area is 139 Å². The van der Waals surface area contributed by atoms with Gasteiger partial charge in [-0.05, 0) is 24.0 Å². The summed E-state index contributed by atoms with van der Waals surface area (Å²) in [5.74, 6) is 0.285. The van der Waals surface area contributed by atoms with Gasteiger partial charge in [0.25, 0.3) is 0 Å². The third-order valence-corrected chi connectivity index (χ3v) is 4.26. The summed E-state index contributed by atoms with van der Waals surface area (Å²) in [5, 5.41) is 4.09. The maximum absolute atomic E-state index is 12.2. The van der Waals surface area contributed by atoms with E-state index in [1.54, 1.807) is 18.6 Å². The van der Waals surface area contributed by atoms with Gasteiger partial charge in [0.05, 0.1) is 17.2 Å². The molecule has 0 bridgehead atoms. The summed E-state index contributed by atoms with van der Waals surface area (Å²) in [7, 11) is 0. The van der Waals surface area contributed by atoms with Gasteiger partial charge in [0, 0.05) is 23.9 Å². The number of rotatable bonds is 4. The first kappa shape index (κ1) is 14.5. The van der Waals surface area contributed by atoms with E-state index in [9.17, 15) is 4.79 Å². The smallest absolute Gasteiger partial charge is 0.243 e. The predicted octanol–water partition coefficient (Wildman–Crippen LogP) is 2.88. The SMILES string of the molecule is O=C(N/N=C\c1cccc2nccnc12)[C@@H]1C[C@H]1c1ccccc1. The Morgan fingerprint density at radius 1 is 1.08 bits per heavy atom. The van der Waals surface area contributed by atoms with Crippen molar-refractivity contribution in [2.24, 2.45) is 11.0 Å². The van der Waals surface area contributed by atoms with Gasteiger partial charge in [0.1, 0.15) is 0 Å². The van der Waals surface area contributed by atoms with Crippen molar-refractivity contribution in [3.05, 3.63) is 72.1 Å². The van der Waals surface area contributed by atoms with Crippen LogP contribution in [0.4, 0.5) is 0 Å². The van der Waals surface area contributed by atoms with Crippen molar-refractivity contribution in [2.45, 2.75) is 12.3 Å². The number of nitrogens with one attached hydrogen (secondary N) is 1. The Kier molecular flexibility index (Phi) is 3.75. The van der Waals surface area contributed by atoms with E-state index >= 15 is 0 Å². The Morgan fingerprint density at radius 3 is 2.79 bits per heavy atom. The summed E-state index contributed by atoms with van der Waals surface area (Å²) in [6.07, 6.45) is 5.80. The maximum Gasteiger partial charge on any atom is 0.243 e. The molecule has 118 valence electrons. The lowest BCUT2D eigenvalue weighted by atomic mass is 10.1. The summed E-state index contributed by atoms with van der Waals surface area (Å²) in [6, 6.07) is 15.8. The van der Waals surface area contributed by atoms with E-state index in [1.807, 2.05) is 36.4 Å². The zero-order valence-corrected chi connectivity index (χ0v) is 13.0. The Morgan fingerprint density at radius 2 is 1.92 bits per heavy atom. The molecule has 0 radical (unpaired) electrons. The van der Waals surface area contributed by atoms with Crippen LogP contribution in [-0.2, 0) is 4.79 Å². The summed E-state index contributed by atoms with van der Waals surface area (Å²) >= 11 is 0. The molecule has 3 aromatic rings. The molecule has 2 atom stereocenters. The average Bonchev–Trinajstić information content (AvgIpc) is 3.43. The Balaban J connectivity index is 1.42. The van der Waals surface area contributed by atoms with Crippen molar-refractivity contribution >= 4 is 23.2 Å². The van der Waals surface area contributed by atoms with Gasteiger partial charge >= 0.3 is 0 Å². The lowest BCUT2D eigenvalue weighted by Crippen LogP contribution is -2.20. The van der Waals surface area contributed by atoms with Crippen LogP contribution in [0, 0.1) is 5.92 Å². The van der Waals surface area contributed by atoms with Crippen molar-refractivity contribution < 1.29 is 4.79 Å². The van der Waals surface area contributed by atoms with Gasteiger partial charge in [-0.2, -0.15) is 5.10 Å². The van der Waals surface area contributed by atoms with E-state index < -0.39 is 0 Å². The number of fused-ring (bicyclic) bond motifs is 1. The Hall–Kier alpha value is -3.08. The lowest BCUT2D eigenvalue weighted by Gasteiger charge is -2.01. The minimum Gasteiger partial charge on any atom is -0.273 e. The van der Waals surface area contributed by atoms with Crippen molar-refractivity contribution in [1.82, 2.24) is 15.4 Å². The van der Waals surface area contributed by atoms with E-state index in [4.69, 9.17) is 0 Å². The highest BCUT2D eigenvalue weighted by Crippen LogP contribution is 2.47. The Bertz CT molecular complexity index is 902. The molecule has 2 aromatic carbocycles. The molecular weight excluding hydrogens is 300 g/mol. The zero-order valence-electron chi connectivity index (χ0n) is 13.0. The number of carbonyl (C=O) groups excluding carboxylic acids is 1. The van der Waals surface area contributed by atoms with Gasteiger partial charge in [0.15, 0.2) is 0 Å². The van der Waals surface area contributed by atoms with Crippen LogP contribution < -0.4 is 5.43 Å². The van der Waals surface area contributed by atoms with Crippen LogP contribution in [0.15, 0.2) is 66.0 Å². The molecule has 0 spiro atoms. The number of aromatic nitrogens is 2. The number of para-hydroxylation sites is 1. The van der Waals surface area contributed by atoms with Crippen LogP contribution in [0.5, 0.6) is 0 Å². The van der Waals surface area contributed by atoms with Crippen molar-refractivity contribution in [2.75, 3.05) is 0 Å². The molecule has 1 aromatic heterocycles. The van der Waals surface area contributed by atoms with Gasteiger partial charge in [-0.15, -0.1) is 0 Å². The second kappa shape index (κ2) is 6.20. The van der Waals surface area contributed by atoms with Crippen LogP contribution in [0.3, 0.4) is 0 Å². The van der Waals surface area contributed by atoms with Crippen LogP contribution in [-0.4, -0.2) is 22.1 Å². The number of amides is 1. The molecule has 1 aliphatic rings. The minimum absolute atomic E-state index is 0.0110. The van der Waals surface area contributed by atoms with E-state index in [1.165, 1.54) is 5.56 Å². The normalized spacial score (nSPS) is 19.5. The first-order valence-electron chi connectivity index (χ1n) is 7.90. The quantitative estimate of drug-likeness (QED) is 0.594. The van der Waals surface area contributed by atoms with Gasteiger partial charge in [-0.25, -0.2) is 5.43 Å². The first-order chi connectivity index (χ1) is 11.8. The summed E-state index contributed by atoms with van der Waals surface area (Å²) in [5.41, 5.74) is 6.26. The molecule has 1 heterocycles. The number of carbonyl (C=O) groups is 1. The van der Waals surface area contributed by atoms with E-state index in [0.717, 1.165) is 23.0 Å². The fourth-order valence-corrected chi connectivity index (χ4v) is 2.92. The maximum atomic E-state index is 12.2.